The van der Waals surface area contributed by atoms with Crippen molar-refractivity contribution >= 4 is 18.2 Å². The maximum absolute atomic E-state index is 11.7. The lowest BCUT2D eigenvalue weighted by molar-refractivity contribution is -0.142. The molecular formula is C5H7ClF3N3. The Hall–Kier alpha value is -0.910. The Bertz CT molecular complexity index is 244. The van der Waals surface area contributed by atoms with Crippen LogP contribution in [-0.4, -0.2) is 16.0 Å². The van der Waals surface area contributed by atoms with Gasteiger partial charge in [0.15, 0.2) is 0 Å². The Balaban J connectivity index is 0.00000121. The van der Waals surface area contributed by atoms with E-state index < -0.39 is 12.7 Å². The van der Waals surface area contributed by atoms with E-state index in [9.17, 15) is 13.2 Å². The Morgan fingerprint density at radius 1 is 1.50 bits per heavy atom. The number of anilines is 1. The highest BCUT2D eigenvalue weighted by Gasteiger charge is 2.28. The van der Waals surface area contributed by atoms with E-state index in [0.29, 0.717) is 4.68 Å². The summed E-state index contributed by atoms with van der Waals surface area (Å²) in [7, 11) is 0. The van der Waals surface area contributed by atoms with Gasteiger partial charge in [-0.25, -0.2) is 4.68 Å². The van der Waals surface area contributed by atoms with E-state index in [2.05, 4.69) is 5.10 Å². The van der Waals surface area contributed by atoms with Crippen LogP contribution in [-0.2, 0) is 6.54 Å². The van der Waals surface area contributed by atoms with E-state index >= 15 is 0 Å². The first-order chi connectivity index (χ1) is 4.99. The van der Waals surface area contributed by atoms with Gasteiger partial charge in [-0.3, -0.25) is 0 Å². The van der Waals surface area contributed by atoms with E-state index in [4.69, 9.17) is 5.73 Å². The third-order valence-electron chi connectivity index (χ3n) is 1.08. The molecule has 0 saturated carbocycles. The molecule has 0 spiro atoms. The molecule has 0 radical (unpaired) electrons. The van der Waals surface area contributed by atoms with E-state index in [1.807, 2.05) is 0 Å². The third-order valence-corrected chi connectivity index (χ3v) is 1.08. The lowest BCUT2D eigenvalue weighted by Crippen LogP contribution is -2.19. The average molecular weight is 202 g/mol. The van der Waals surface area contributed by atoms with Crippen LogP contribution in [0.2, 0.25) is 0 Å². The zero-order valence-corrected chi connectivity index (χ0v) is 6.69. The Morgan fingerprint density at radius 2 is 2.08 bits per heavy atom. The van der Waals surface area contributed by atoms with E-state index in [1.54, 1.807) is 0 Å². The van der Waals surface area contributed by atoms with Crippen LogP contribution < -0.4 is 5.73 Å². The van der Waals surface area contributed by atoms with Crippen LogP contribution in [0.5, 0.6) is 0 Å². The second-order valence-electron chi connectivity index (χ2n) is 2.03. The van der Waals surface area contributed by atoms with Gasteiger partial charge >= 0.3 is 6.18 Å². The number of hydrogen-bond donors (Lipinski definition) is 1. The molecule has 1 heterocycles. The van der Waals surface area contributed by atoms with E-state index in [-0.39, 0.29) is 18.2 Å². The summed E-state index contributed by atoms with van der Waals surface area (Å²) < 4.78 is 35.7. The van der Waals surface area contributed by atoms with E-state index in [1.165, 1.54) is 12.3 Å². The molecule has 0 aromatic carbocycles. The molecular weight excluding hydrogens is 195 g/mol. The molecule has 70 valence electrons. The Labute approximate surface area is 72.8 Å². The van der Waals surface area contributed by atoms with Crippen LogP contribution in [0.15, 0.2) is 12.3 Å². The van der Waals surface area contributed by atoms with Gasteiger partial charge in [0.25, 0.3) is 0 Å². The maximum Gasteiger partial charge on any atom is 0.408 e. The zero-order valence-electron chi connectivity index (χ0n) is 5.88. The molecule has 0 aliphatic rings. The standard InChI is InChI=1S/C5H6F3N3.ClH/c6-5(7,8)3-11-4(9)1-2-10-11;/h1-2H,3,9H2;1H. The van der Waals surface area contributed by atoms with Gasteiger partial charge in [0.1, 0.15) is 12.4 Å². The lowest BCUT2D eigenvalue weighted by atomic mass is 10.6. The second kappa shape index (κ2) is 3.66. The molecule has 0 fully saturated rings. The molecule has 1 aromatic heterocycles. The molecule has 0 aliphatic heterocycles. The van der Waals surface area contributed by atoms with Gasteiger partial charge in [0, 0.05) is 0 Å². The van der Waals surface area contributed by atoms with Crippen LogP contribution >= 0.6 is 12.4 Å². The second-order valence-corrected chi connectivity index (χ2v) is 2.03. The molecule has 0 atom stereocenters. The fourth-order valence-corrected chi connectivity index (χ4v) is 0.645. The van der Waals surface area contributed by atoms with Crippen molar-refractivity contribution in [3.8, 4) is 0 Å². The van der Waals surface area contributed by atoms with Crippen LogP contribution in [0, 0.1) is 0 Å². The SMILES string of the molecule is Cl.Nc1ccnn1CC(F)(F)F. The third kappa shape index (κ3) is 3.00. The van der Waals surface area contributed by atoms with Crippen molar-refractivity contribution in [2.45, 2.75) is 12.7 Å². The van der Waals surface area contributed by atoms with Crippen molar-refractivity contribution in [2.24, 2.45) is 0 Å². The average Bonchev–Trinajstić information content (AvgIpc) is 2.12. The molecule has 7 heteroatoms. The highest BCUT2D eigenvalue weighted by Crippen LogP contribution is 2.18. The summed E-state index contributed by atoms with van der Waals surface area (Å²) in [6.07, 6.45) is -3.04. The van der Waals surface area contributed by atoms with Gasteiger partial charge < -0.3 is 5.73 Å². The van der Waals surface area contributed by atoms with Crippen molar-refractivity contribution in [3.05, 3.63) is 12.3 Å². The molecule has 2 N–H and O–H groups in total. The molecule has 0 saturated heterocycles. The maximum atomic E-state index is 11.7. The number of nitrogen functional groups attached to an aromatic ring is 1. The van der Waals surface area contributed by atoms with Gasteiger partial charge in [-0.2, -0.15) is 18.3 Å². The van der Waals surface area contributed by atoms with Crippen LogP contribution in [0.3, 0.4) is 0 Å². The van der Waals surface area contributed by atoms with Crippen LogP contribution in [0.4, 0.5) is 19.0 Å². The smallest absolute Gasteiger partial charge is 0.384 e. The molecule has 0 bridgehead atoms. The lowest BCUT2D eigenvalue weighted by Gasteiger charge is -2.06. The van der Waals surface area contributed by atoms with E-state index in [0.717, 1.165) is 0 Å². The summed E-state index contributed by atoms with van der Waals surface area (Å²) in [5.74, 6) is 0.0160. The molecule has 3 nitrogen and oxygen atoms in total. The summed E-state index contributed by atoms with van der Waals surface area (Å²) in [6.45, 7) is -1.13. The summed E-state index contributed by atoms with van der Waals surface area (Å²) in [6, 6.07) is 1.31. The molecule has 0 amide bonds. The Morgan fingerprint density at radius 3 is 2.42 bits per heavy atom. The number of hydrogen-bond acceptors (Lipinski definition) is 2. The number of nitrogens with two attached hydrogens (primary N) is 1. The molecule has 0 unspecified atom stereocenters. The van der Waals surface area contributed by atoms with Crippen molar-refractivity contribution in [1.29, 1.82) is 0 Å². The summed E-state index contributed by atoms with van der Waals surface area (Å²) in [4.78, 5) is 0. The predicted octanol–water partition coefficient (Wildman–Crippen LogP) is 1.45. The van der Waals surface area contributed by atoms with Gasteiger partial charge in [-0.05, 0) is 6.07 Å². The Kier molecular flexibility index (Phi) is 3.38. The highest BCUT2D eigenvalue weighted by molar-refractivity contribution is 5.85. The normalized spacial score (nSPS) is 10.9. The van der Waals surface area contributed by atoms with Gasteiger partial charge in [0.2, 0.25) is 0 Å². The van der Waals surface area contributed by atoms with Crippen molar-refractivity contribution < 1.29 is 13.2 Å². The van der Waals surface area contributed by atoms with Crippen LogP contribution in [0.1, 0.15) is 0 Å². The van der Waals surface area contributed by atoms with Gasteiger partial charge in [-0.1, -0.05) is 0 Å². The largest absolute Gasteiger partial charge is 0.408 e. The monoisotopic (exact) mass is 201 g/mol. The molecule has 12 heavy (non-hydrogen) atoms. The van der Waals surface area contributed by atoms with Gasteiger partial charge in [0.05, 0.1) is 6.20 Å². The number of alkyl halides is 3. The predicted molar refractivity (Wildman–Crippen MR) is 39.9 cm³/mol. The first-order valence-corrected chi connectivity index (χ1v) is 2.83. The minimum atomic E-state index is -4.26. The number of aromatic nitrogens is 2. The number of halogens is 4. The fourth-order valence-electron chi connectivity index (χ4n) is 0.645. The fraction of sp³-hybridized carbons (Fsp3) is 0.400. The minimum Gasteiger partial charge on any atom is -0.384 e. The topological polar surface area (TPSA) is 43.8 Å². The summed E-state index contributed by atoms with van der Waals surface area (Å²) in [5, 5.41) is 3.37. The van der Waals surface area contributed by atoms with Gasteiger partial charge in [-0.15, -0.1) is 12.4 Å². The van der Waals surface area contributed by atoms with Crippen molar-refractivity contribution in [2.75, 3.05) is 5.73 Å². The highest BCUT2D eigenvalue weighted by atomic mass is 35.5. The first kappa shape index (κ1) is 11.1. The minimum absolute atomic E-state index is 0. The molecule has 0 aliphatic carbocycles. The molecule has 1 aromatic rings. The van der Waals surface area contributed by atoms with Crippen molar-refractivity contribution in [3.63, 3.8) is 0 Å². The van der Waals surface area contributed by atoms with Crippen molar-refractivity contribution in [1.82, 2.24) is 9.78 Å². The first-order valence-electron chi connectivity index (χ1n) is 2.83. The summed E-state index contributed by atoms with van der Waals surface area (Å²) >= 11 is 0. The molecule has 1 rings (SSSR count). The number of rotatable bonds is 1. The summed E-state index contributed by atoms with van der Waals surface area (Å²) in [5.41, 5.74) is 5.15. The number of nitrogens with zero attached hydrogens (tertiary/aromatic N) is 2. The van der Waals surface area contributed by atoms with Crippen LogP contribution in [0.25, 0.3) is 0 Å². The quantitative estimate of drug-likeness (QED) is 0.748. The zero-order chi connectivity index (χ0) is 8.48.